The van der Waals surface area contributed by atoms with Crippen LogP contribution >= 0.6 is 0 Å². The molecule has 0 bridgehead atoms. The second kappa shape index (κ2) is 8.10. The van der Waals surface area contributed by atoms with Gasteiger partial charge in [-0.15, -0.1) is 0 Å². The van der Waals surface area contributed by atoms with Crippen molar-refractivity contribution < 1.29 is 52.1 Å². The Bertz CT molecular complexity index is 1410. The number of hydrogen-bond donors (Lipinski definition) is 1. The standard InChI is InChI=1S/C20H13NO6S.Na/c22-19(13-4-2-1-3-5-13)21-17-11-16-15-10-14(28(24,25)26)8-6-12(15)7-9-18(16)27-20(17)23;/h1-11H,(H,21,22)(H,24,25,26);/q;+1/p-1. The van der Waals surface area contributed by atoms with Gasteiger partial charge in [0.15, 0.2) is 0 Å². The molecule has 0 amide bonds. The quantitative estimate of drug-likeness (QED) is 0.121. The third kappa shape index (κ3) is 4.26. The van der Waals surface area contributed by atoms with Gasteiger partial charge in [0, 0.05) is 5.39 Å². The van der Waals surface area contributed by atoms with Crippen LogP contribution in [0.4, 0.5) is 5.69 Å². The molecule has 4 aromatic rings. The van der Waals surface area contributed by atoms with Crippen molar-refractivity contribution in [3.05, 3.63) is 82.7 Å². The smallest absolute Gasteiger partial charge is 0.858 e. The maximum atomic E-state index is 12.3. The third-order valence-corrected chi connectivity index (χ3v) is 5.08. The van der Waals surface area contributed by atoms with Crippen LogP contribution in [0.1, 0.15) is 5.56 Å². The molecule has 140 valence electrons. The van der Waals surface area contributed by atoms with Gasteiger partial charge in [-0.2, -0.15) is 8.42 Å². The van der Waals surface area contributed by atoms with E-state index in [9.17, 15) is 22.9 Å². The van der Waals surface area contributed by atoms with Crippen LogP contribution in [0.5, 0.6) is 0 Å². The summed E-state index contributed by atoms with van der Waals surface area (Å²) in [5.41, 5.74) is -0.474. The molecule has 3 aromatic carbocycles. The van der Waals surface area contributed by atoms with Gasteiger partial charge in [0.25, 0.3) is 10.1 Å². The van der Waals surface area contributed by atoms with Crippen molar-refractivity contribution in [3.8, 4) is 0 Å². The van der Waals surface area contributed by atoms with Crippen molar-refractivity contribution >= 4 is 43.4 Å². The van der Waals surface area contributed by atoms with Crippen LogP contribution in [0.25, 0.3) is 21.7 Å². The van der Waals surface area contributed by atoms with Gasteiger partial charge in [0.2, 0.25) is 0 Å². The zero-order valence-corrected chi connectivity index (χ0v) is 18.0. The van der Waals surface area contributed by atoms with E-state index in [1.54, 1.807) is 42.5 Å². The summed E-state index contributed by atoms with van der Waals surface area (Å²) >= 11 is 0. The second-order valence-electron chi connectivity index (χ2n) is 6.04. The van der Waals surface area contributed by atoms with E-state index in [4.69, 9.17) is 4.42 Å². The Labute approximate surface area is 187 Å². The molecule has 0 aliphatic heterocycles. The summed E-state index contributed by atoms with van der Waals surface area (Å²) in [5.74, 6) is -0.605. The van der Waals surface area contributed by atoms with Crippen molar-refractivity contribution in [2.24, 2.45) is 4.99 Å². The fraction of sp³-hybridized carbons (Fsp3) is 0. The molecule has 0 aliphatic carbocycles. The van der Waals surface area contributed by atoms with Crippen molar-refractivity contribution in [1.82, 2.24) is 0 Å². The van der Waals surface area contributed by atoms with Gasteiger partial charge in [0.05, 0.1) is 4.90 Å². The molecule has 4 rings (SSSR count). The monoisotopic (exact) mass is 417 g/mol. The third-order valence-electron chi connectivity index (χ3n) is 4.23. The van der Waals surface area contributed by atoms with Gasteiger partial charge in [-0.05, 0) is 46.5 Å². The molecule has 0 atom stereocenters. The molecule has 0 spiro atoms. The molecule has 7 nitrogen and oxygen atoms in total. The normalized spacial score (nSPS) is 12.1. The van der Waals surface area contributed by atoms with Gasteiger partial charge in [0.1, 0.15) is 11.3 Å². The predicted octanol–water partition coefficient (Wildman–Crippen LogP) is -0.365. The van der Waals surface area contributed by atoms with Crippen molar-refractivity contribution in [1.29, 1.82) is 0 Å². The van der Waals surface area contributed by atoms with E-state index in [-0.39, 0.29) is 45.7 Å². The Morgan fingerprint density at radius 2 is 1.66 bits per heavy atom. The number of benzene rings is 3. The van der Waals surface area contributed by atoms with Gasteiger partial charge < -0.3 is 9.52 Å². The number of rotatable bonds is 3. The maximum Gasteiger partial charge on any atom is 1.00 e. The Morgan fingerprint density at radius 1 is 0.966 bits per heavy atom. The molecular weight excluding hydrogens is 405 g/mol. The number of nitrogens with zero attached hydrogens (tertiary/aromatic N) is 1. The molecule has 1 aromatic heterocycles. The summed E-state index contributed by atoms with van der Waals surface area (Å²) in [6.45, 7) is 0. The Balaban J connectivity index is 0.00000240. The fourth-order valence-corrected chi connectivity index (χ4v) is 3.39. The summed E-state index contributed by atoms with van der Waals surface area (Å²) in [5, 5.41) is 13.8. The Kier molecular flexibility index (Phi) is 5.92. The Morgan fingerprint density at radius 3 is 2.34 bits per heavy atom. The van der Waals surface area contributed by atoms with Crippen LogP contribution in [0.2, 0.25) is 0 Å². The van der Waals surface area contributed by atoms with E-state index in [2.05, 4.69) is 4.99 Å². The first-order valence-corrected chi connectivity index (χ1v) is 9.56. The first-order chi connectivity index (χ1) is 13.3. The van der Waals surface area contributed by atoms with Gasteiger partial charge in [-0.25, -0.2) is 4.79 Å². The second-order valence-corrected chi connectivity index (χ2v) is 7.46. The molecule has 0 unspecified atom stereocenters. The largest absolute Gasteiger partial charge is 1.00 e. The summed E-state index contributed by atoms with van der Waals surface area (Å²) in [7, 11) is -4.41. The average molecular weight is 417 g/mol. The zero-order chi connectivity index (χ0) is 19.9. The Hall–Kier alpha value is -2.49. The predicted molar refractivity (Wildman–Crippen MR) is 102 cm³/mol. The zero-order valence-electron chi connectivity index (χ0n) is 15.2. The molecular formula is C20H12NNaO6S. The van der Waals surface area contributed by atoms with Crippen LogP contribution in [0.3, 0.4) is 0 Å². The van der Waals surface area contributed by atoms with E-state index < -0.39 is 21.6 Å². The summed E-state index contributed by atoms with van der Waals surface area (Å²) in [4.78, 5) is 15.8. The van der Waals surface area contributed by atoms with Gasteiger partial charge >= 0.3 is 35.2 Å². The fourth-order valence-electron chi connectivity index (χ4n) is 2.88. The molecule has 9 heteroatoms. The summed E-state index contributed by atoms with van der Waals surface area (Å²) in [6.07, 6.45) is 0. The first kappa shape index (κ1) is 21.2. The minimum absolute atomic E-state index is 0. The average Bonchev–Trinajstić information content (AvgIpc) is 2.68. The van der Waals surface area contributed by atoms with E-state index in [1.165, 1.54) is 24.3 Å². The summed E-state index contributed by atoms with van der Waals surface area (Å²) < 4.78 is 37.5. The SMILES string of the molecule is O=c1oc2ccc3ccc(S(=O)(=O)O)cc3c2cc1N=C([O-])c1ccccc1.[Na+]. The van der Waals surface area contributed by atoms with Crippen LogP contribution in [-0.2, 0) is 10.1 Å². The van der Waals surface area contributed by atoms with E-state index in [1.807, 2.05) is 0 Å². The molecule has 0 saturated carbocycles. The van der Waals surface area contributed by atoms with Gasteiger partial charge in [-0.3, -0.25) is 9.55 Å². The molecule has 1 N–H and O–H groups in total. The number of aliphatic imine (C=N–C) groups is 1. The van der Waals surface area contributed by atoms with E-state index in [0.717, 1.165) is 0 Å². The minimum atomic E-state index is -4.41. The van der Waals surface area contributed by atoms with Crippen molar-refractivity contribution in [2.75, 3.05) is 0 Å². The van der Waals surface area contributed by atoms with Crippen LogP contribution in [0, 0.1) is 0 Å². The van der Waals surface area contributed by atoms with Crippen molar-refractivity contribution in [3.63, 3.8) is 0 Å². The minimum Gasteiger partial charge on any atom is -0.858 e. The topological polar surface area (TPSA) is 120 Å². The molecule has 0 radical (unpaired) electrons. The van der Waals surface area contributed by atoms with E-state index in [0.29, 0.717) is 21.7 Å². The molecule has 0 saturated heterocycles. The van der Waals surface area contributed by atoms with E-state index >= 15 is 0 Å². The number of hydrogen-bond acceptors (Lipinski definition) is 6. The molecule has 0 aliphatic rings. The number of fused-ring (bicyclic) bond motifs is 3. The first-order valence-electron chi connectivity index (χ1n) is 8.12. The van der Waals surface area contributed by atoms with Crippen LogP contribution in [0.15, 0.2) is 85.8 Å². The molecule has 1 heterocycles. The van der Waals surface area contributed by atoms with Crippen LogP contribution in [-0.4, -0.2) is 18.9 Å². The molecule has 29 heavy (non-hydrogen) atoms. The molecule has 0 fully saturated rings. The van der Waals surface area contributed by atoms with Crippen molar-refractivity contribution in [2.45, 2.75) is 4.90 Å². The maximum absolute atomic E-state index is 12.3. The van der Waals surface area contributed by atoms with Crippen LogP contribution < -0.4 is 40.3 Å². The van der Waals surface area contributed by atoms with Gasteiger partial charge in [-0.1, -0.05) is 42.5 Å². The summed E-state index contributed by atoms with van der Waals surface area (Å²) in [6, 6.07) is 16.9.